The van der Waals surface area contributed by atoms with Crippen LogP contribution in [0, 0.1) is 0 Å². The molecule has 2 aromatic rings. The van der Waals surface area contributed by atoms with E-state index in [2.05, 4.69) is 21.3 Å². The van der Waals surface area contributed by atoms with Crippen LogP contribution in [0.2, 0.25) is 0 Å². The minimum Gasteiger partial charge on any atom is -0.480 e. The highest BCUT2D eigenvalue weighted by molar-refractivity contribution is 8.00. The highest BCUT2D eigenvalue weighted by atomic mass is 32.2. The summed E-state index contributed by atoms with van der Waals surface area (Å²) in [6.45, 7) is 0.440. The van der Waals surface area contributed by atoms with Crippen molar-refractivity contribution in [1.29, 1.82) is 0 Å². The molecule has 218 valence electrons. The zero-order valence-electron chi connectivity index (χ0n) is 22.8. The van der Waals surface area contributed by atoms with E-state index in [1.54, 1.807) is 36.4 Å². The van der Waals surface area contributed by atoms with Gasteiger partial charge in [-0.05, 0) is 44.2 Å². The van der Waals surface area contributed by atoms with Crippen molar-refractivity contribution in [3.8, 4) is 0 Å². The van der Waals surface area contributed by atoms with Gasteiger partial charge < -0.3 is 26.4 Å². The first-order chi connectivity index (χ1) is 19.8. The number of hydrogen-bond acceptors (Lipinski definition) is 6. The van der Waals surface area contributed by atoms with Gasteiger partial charge in [0.2, 0.25) is 5.91 Å². The number of nitrogens with one attached hydrogen (secondary N) is 4. The quantitative estimate of drug-likeness (QED) is 0.123. The van der Waals surface area contributed by atoms with Crippen molar-refractivity contribution in [3.63, 3.8) is 0 Å². The summed E-state index contributed by atoms with van der Waals surface area (Å²) >= 11 is 1.86. The van der Waals surface area contributed by atoms with Crippen LogP contribution in [-0.2, 0) is 9.59 Å². The molecule has 4 rings (SSSR count). The Morgan fingerprint density at radius 1 is 0.902 bits per heavy atom. The summed E-state index contributed by atoms with van der Waals surface area (Å²) in [5, 5.41) is 21.3. The lowest BCUT2D eigenvalue weighted by atomic mass is 10.0. The first-order valence-electron chi connectivity index (χ1n) is 14.0. The fourth-order valence-electron chi connectivity index (χ4n) is 5.09. The van der Waals surface area contributed by atoms with Gasteiger partial charge in [-0.2, -0.15) is 11.8 Å². The molecule has 2 aromatic carbocycles. The molecule has 0 aromatic heterocycles. The number of rotatable bonds is 15. The number of carbonyl (C=O) groups is 5. The number of ketones is 1. The third kappa shape index (κ3) is 8.56. The summed E-state index contributed by atoms with van der Waals surface area (Å²) in [6.07, 6.45) is 4.42. The van der Waals surface area contributed by atoms with Crippen LogP contribution in [0.5, 0.6) is 0 Å². The maximum atomic E-state index is 12.6. The smallest absolute Gasteiger partial charge is 0.326 e. The summed E-state index contributed by atoms with van der Waals surface area (Å²) in [4.78, 5) is 60.5. The van der Waals surface area contributed by atoms with Crippen molar-refractivity contribution in [3.05, 3.63) is 71.3 Å². The number of aliphatic carboxylic acids is 1. The number of carboxylic acid groups (broad SMARTS) is 1. The van der Waals surface area contributed by atoms with Gasteiger partial charge in [-0.1, -0.05) is 48.9 Å². The Balaban J connectivity index is 1.10. The summed E-state index contributed by atoms with van der Waals surface area (Å²) < 4.78 is 0. The molecule has 0 unspecified atom stereocenters. The van der Waals surface area contributed by atoms with E-state index >= 15 is 0 Å². The number of benzene rings is 2. The summed E-state index contributed by atoms with van der Waals surface area (Å²) in [5.74, 6) is -0.923. The minimum absolute atomic E-state index is 0.0323. The van der Waals surface area contributed by atoms with Crippen LogP contribution in [0.4, 0.5) is 4.79 Å². The van der Waals surface area contributed by atoms with E-state index in [0.717, 1.165) is 25.0 Å². The third-order valence-electron chi connectivity index (χ3n) is 7.37. The summed E-state index contributed by atoms with van der Waals surface area (Å²) in [6, 6.07) is 14.2. The Bertz CT molecular complexity index is 1240. The van der Waals surface area contributed by atoms with Gasteiger partial charge >= 0.3 is 12.0 Å². The zero-order valence-corrected chi connectivity index (χ0v) is 23.6. The SMILES string of the molecule is O=C(CCCC[C@@H]1SC[C@@H]2NC(=O)N[C@@H]21)NCCCC[C@H](NC(=O)c1ccc(C(=O)c2ccccc2)cc1)C(=O)O. The van der Waals surface area contributed by atoms with Gasteiger partial charge in [0.05, 0.1) is 12.1 Å². The molecule has 0 radical (unpaired) electrons. The number of urea groups is 1. The third-order valence-corrected chi connectivity index (χ3v) is 8.88. The molecular weight excluding hydrogens is 544 g/mol. The fourth-order valence-corrected chi connectivity index (χ4v) is 6.64. The summed E-state index contributed by atoms with van der Waals surface area (Å²) in [5.41, 5.74) is 1.25. The Kier molecular flexibility index (Phi) is 10.8. The summed E-state index contributed by atoms with van der Waals surface area (Å²) in [7, 11) is 0. The molecule has 2 aliphatic heterocycles. The van der Waals surface area contributed by atoms with E-state index < -0.39 is 17.9 Å². The average molecular weight is 581 g/mol. The van der Waals surface area contributed by atoms with E-state index in [1.165, 1.54) is 12.1 Å². The van der Waals surface area contributed by atoms with E-state index in [4.69, 9.17) is 0 Å². The van der Waals surface area contributed by atoms with Gasteiger partial charge in [-0.15, -0.1) is 0 Å². The average Bonchev–Trinajstić information content (AvgIpc) is 3.53. The first-order valence-corrected chi connectivity index (χ1v) is 15.1. The lowest BCUT2D eigenvalue weighted by Gasteiger charge is -2.16. The minimum atomic E-state index is -1.13. The van der Waals surface area contributed by atoms with Gasteiger partial charge in [-0.3, -0.25) is 14.4 Å². The lowest BCUT2D eigenvalue weighted by Crippen LogP contribution is -2.40. The number of carboxylic acids is 1. The van der Waals surface area contributed by atoms with Crippen molar-refractivity contribution >= 4 is 41.4 Å². The predicted octanol–water partition coefficient (Wildman–Crippen LogP) is 3.11. The van der Waals surface area contributed by atoms with Gasteiger partial charge in [0.25, 0.3) is 5.91 Å². The van der Waals surface area contributed by atoms with Gasteiger partial charge in [-0.25, -0.2) is 9.59 Å². The molecule has 2 fully saturated rings. The molecule has 5 N–H and O–H groups in total. The Morgan fingerprint density at radius 2 is 1.61 bits per heavy atom. The van der Waals surface area contributed by atoms with Crippen LogP contribution >= 0.6 is 11.8 Å². The molecule has 0 aliphatic carbocycles. The first kappa shape index (κ1) is 30.1. The van der Waals surface area contributed by atoms with E-state index in [1.807, 2.05) is 17.8 Å². The largest absolute Gasteiger partial charge is 0.480 e. The maximum Gasteiger partial charge on any atom is 0.326 e. The Hall–Kier alpha value is -3.86. The second kappa shape index (κ2) is 14.7. The molecule has 11 heteroatoms. The highest BCUT2D eigenvalue weighted by Crippen LogP contribution is 2.33. The zero-order chi connectivity index (χ0) is 29.2. The van der Waals surface area contributed by atoms with Crippen LogP contribution in [-0.4, -0.2) is 70.4 Å². The lowest BCUT2D eigenvalue weighted by molar-refractivity contribution is -0.139. The number of hydrogen-bond donors (Lipinski definition) is 5. The number of amides is 4. The predicted molar refractivity (Wildman–Crippen MR) is 156 cm³/mol. The molecule has 2 aliphatic rings. The number of unbranched alkanes of at least 4 members (excludes halogenated alkanes) is 2. The molecule has 4 amide bonds. The number of fused-ring (bicyclic) bond motifs is 1. The molecule has 4 atom stereocenters. The van der Waals surface area contributed by atoms with Gasteiger partial charge in [0.15, 0.2) is 5.78 Å². The Labute approximate surface area is 243 Å². The van der Waals surface area contributed by atoms with Crippen molar-refractivity contribution in [2.75, 3.05) is 12.3 Å². The molecule has 0 saturated carbocycles. The van der Waals surface area contributed by atoms with E-state index in [-0.39, 0.29) is 41.8 Å². The number of thioether (sulfide) groups is 1. The van der Waals surface area contributed by atoms with E-state index in [9.17, 15) is 29.1 Å². The monoisotopic (exact) mass is 580 g/mol. The van der Waals surface area contributed by atoms with Crippen molar-refractivity contribution in [2.45, 2.75) is 68.3 Å². The van der Waals surface area contributed by atoms with Crippen LogP contribution in [0.3, 0.4) is 0 Å². The van der Waals surface area contributed by atoms with Crippen LogP contribution in [0.15, 0.2) is 54.6 Å². The van der Waals surface area contributed by atoms with Crippen LogP contribution < -0.4 is 21.3 Å². The molecule has 2 saturated heterocycles. The van der Waals surface area contributed by atoms with Gasteiger partial charge in [0, 0.05) is 40.7 Å². The molecule has 0 spiro atoms. The van der Waals surface area contributed by atoms with Crippen molar-refractivity contribution in [2.24, 2.45) is 0 Å². The fraction of sp³-hybridized carbons (Fsp3) is 0.433. The molecule has 0 bridgehead atoms. The molecule has 41 heavy (non-hydrogen) atoms. The topological polar surface area (TPSA) is 154 Å². The van der Waals surface area contributed by atoms with Gasteiger partial charge in [0.1, 0.15) is 6.04 Å². The highest BCUT2D eigenvalue weighted by Gasteiger charge is 2.42. The Morgan fingerprint density at radius 3 is 2.34 bits per heavy atom. The van der Waals surface area contributed by atoms with Crippen molar-refractivity contribution in [1.82, 2.24) is 21.3 Å². The number of carbonyl (C=O) groups excluding carboxylic acids is 4. The maximum absolute atomic E-state index is 12.6. The van der Waals surface area contributed by atoms with Crippen LogP contribution in [0.25, 0.3) is 0 Å². The van der Waals surface area contributed by atoms with E-state index in [0.29, 0.717) is 42.2 Å². The normalized spacial score (nSPS) is 19.9. The van der Waals surface area contributed by atoms with Crippen LogP contribution in [0.1, 0.15) is 71.2 Å². The molecular formula is C30H36N4O6S. The second-order valence-corrected chi connectivity index (χ2v) is 11.6. The standard InChI is InChI=1S/C30H36N4O6S/c35-25(12-5-4-11-24-26-23(18-41-24)33-30(40)34-26)31-17-7-6-10-22(29(38)39)32-28(37)21-15-13-20(14-16-21)27(36)19-8-2-1-3-9-19/h1-3,8-9,13-16,22-24,26H,4-7,10-12,17-18H2,(H,31,35)(H,32,37)(H,38,39)(H2,33,34,40)/t22-,23-,24-,26-/m0/s1. The molecule has 2 heterocycles. The molecule has 10 nitrogen and oxygen atoms in total. The second-order valence-electron chi connectivity index (χ2n) is 10.4. The van der Waals surface area contributed by atoms with Crippen molar-refractivity contribution < 1.29 is 29.1 Å².